The fourth-order valence-corrected chi connectivity index (χ4v) is 3.99. The van der Waals surface area contributed by atoms with Gasteiger partial charge in [0.05, 0.1) is 18.6 Å². The lowest BCUT2D eigenvalue weighted by atomic mass is 10.1. The van der Waals surface area contributed by atoms with Gasteiger partial charge in [0.15, 0.2) is 34.9 Å². The number of imidazole rings is 1. The minimum absolute atomic E-state index is 0.333. The Balaban J connectivity index is 1.40. The fraction of sp³-hybridized carbons (Fsp3) is 0.429. The third-order valence-electron chi connectivity index (χ3n) is 5.78. The van der Waals surface area contributed by atoms with Crippen LogP contribution in [0.2, 0.25) is 0 Å². The largest absolute Gasteiger partial charge is 0.421 e. The molecule has 14 nitrogen and oxygen atoms in total. The number of anilines is 2. The van der Waals surface area contributed by atoms with Gasteiger partial charge in [0.25, 0.3) is 11.9 Å². The van der Waals surface area contributed by atoms with E-state index in [1.165, 1.54) is 24.3 Å². The molecule has 1 fully saturated rings. The first kappa shape index (κ1) is 22.9. The molecular weight excluding hydrogens is 458 g/mol. The Labute approximate surface area is 199 Å². The zero-order chi connectivity index (χ0) is 24.9. The standard InChI is InChI=1S/C21H25N9O5/c1-9-5-10(27-17-14(9)35-21(28-17)29(3)4)6-23-16-11-18(25-7-24-16)30(8-26-11)20-13(32)12(31)15(34-20)19(33)22-2/h5,7-8,12-13,15,20,31-32H,6H2,1-4H3,(H,22,33)(H,23,24,25)/t12-,13+,15-,20+/m0/s1. The Morgan fingerprint density at radius 3 is 2.74 bits per heavy atom. The van der Waals surface area contributed by atoms with Crippen LogP contribution in [0, 0.1) is 6.92 Å². The maximum atomic E-state index is 12.0. The van der Waals surface area contributed by atoms with Crippen LogP contribution in [-0.4, -0.2) is 85.1 Å². The van der Waals surface area contributed by atoms with Gasteiger partial charge >= 0.3 is 0 Å². The highest BCUT2D eigenvalue weighted by Gasteiger charge is 2.47. The second kappa shape index (κ2) is 8.72. The van der Waals surface area contributed by atoms with Crippen molar-refractivity contribution in [2.75, 3.05) is 31.4 Å². The lowest BCUT2D eigenvalue weighted by Crippen LogP contribution is -2.41. The number of aliphatic hydroxyl groups excluding tert-OH is 2. The fourth-order valence-electron chi connectivity index (χ4n) is 3.99. The van der Waals surface area contributed by atoms with E-state index in [4.69, 9.17) is 9.15 Å². The van der Waals surface area contributed by atoms with E-state index in [-0.39, 0.29) is 0 Å². The van der Waals surface area contributed by atoms with Crippen molar-refractivity contribution in [3.8, 4) is 0 Å². The van der Waals surface area contributed by atoms with Crippen molar-refractivity contribution >= 4 is 40.1 Å². The number of amides is 1. The van der Waals surface area contributed by atoms with Gasteiger partial charge in [-0.25, -0.2) is 19.9 Å². The van der Waals surface area contributed by atoms with E-state index in [0.29, 0.717) is 40.8 Å². The Morgan fingerprint density at radius 1 is 1.20 bits per heavy atom. The summed E-state index contributed by atoms with van der Waals surface area (Å²) >= 11 is 0. The monoisotopic (exact) mass is 483 g/mol. The molecular formula is C21H25N9O5. The Hall–Kier alpha value is -3.88. The highest BCUT2D eigenvalue weighted by molar-refractivity contribution is 5.83. The van der Waals surface area contributed by atoms with E-state index in [1.807, 2.05) is 27.1 Å². The van der Waals surface area contributed by atoms with Crippen LogP contribution in [0.15, 0.2) is 23.1 Å². The van der Waals surface area contributed by atoms with Crippen molar-refractivity contribution < 1.29 is 24.2 Å². The van der Waals surface area contributed by atoms with E-state index in [1.54, 1.807) is 4.90 Å². The summed E-state index contributed by atoms with van der Waals surface area (Å²) in [5.41, 5.74) is 3.57. The van der Waals surface area contributed by atoms with Crippen LogP contribution in [0.4, 0.5) is 11.8 Å². The van der Waals surface area contributed by atoms with Crippen molar-refractivity contribution in [2.45, 2.75) is 38.0 Å². The smallest absolute Gasteiger partial charge is 0.299 e. The van der Waals surface area contributed by atoms with Crippen molar-refractivity contribution in [2.24, 2.45) is 0 Å². The second-order valence-electron chi connectivity index (χ2n) is 8.42. The van der Waals surface area contributed by atoms with Gasteiger partial charge in [0.1, 0.15) is 18.5 Å². The maximum absolute atomic E-state index is 12.0. The van der Waals surface area contributed by atoms with E-state index in [0.717, 1.165) is 11.3 Å². The average Bonchev–Trinajstić information content (AvgIpc) is 3.54. The molecule has 0 saturated carbocycles. The molecule has 4 aromatic rings. The second-order valence-corrected chi connectivity index (χ2v) is 8.42. The van der Waals surface area contributed by atoms with E-state index in [2.05, 4.69) is 35.6 Å². The van der Waals surface area contributed by atoms with Crippen molar-refractivity contribution in [3.63, 3.8) is 0 Å². The number of oxazole rings is 1. The van der Waals surface area contributed by atoms with Gasteiger partial charge in [-0.3, -0.25) is 9.36 Å². The number of rotatable bonds is 6. The molecule has 1 amide bonds. The minimum atomic E-state index is -1.40. The van der Waals surface area contributed by atoms with Gasteiger partial charge in [-0.2, -0.15) is 4.98 Å². The first-order chi connectivity index (χ1) is 16.8. The average molecular weight is 483 g/mol. The number of pyridine rings is 1. The molecule has 0 aromatic carbocycles. The molecule has 184 valence electrons. The topological polar surface area (TPSA) is 177 Å². The van der Waals surface area contributed by atoms with Crippen LogP contribution >= 0.6 is 0 Å². The Morgan fingerprint density at radius 2 is 2.00 bits per heavy atom. The minimum Gasteiger partial charge on any atom is -0.421 e. The van der Waals surface area contributed by atoms with Crippen LogP contribution in [0.1, 0.15) is 17.5 Å². The SMILES string of the molecule is CNC(=O)[C@H]1O[C@@H](n2cnc3c(NCc4cc(C)c5oc(N(C)C)nc5n4)ncnc32)[C@H](O)[C@@H]1O. The normalized spacial score (nSPS) is 22.1. The first-order valence-electron chi connectivity index (χ1n) is 10.9. The molecule has 1 aliphatic heterocycles. The molecule has 0 bridgehead atoms. The summed E-state index contributed by atoms with van der Waals surface area (Å²) in [5.74, 6) is -0.0941. The third kappa shape index (κ3) is 3.90. The predicted octanol–water partition coefficient (Wildman–Crippen LogP) is -0.286. The number of hydrogen-bond donors (Lipinski definition) is 4. The molecule has 4 aromatic heterocycles. The number of likely N-dealkylation sites (N-methyl/N-ethyl adjacent to an activating group) is 1. The van der Waals surface area contributed by atoms with Gasteiger partial charge in [-0.15, -0.1) is 0 Å². The van der Waals surface area contributed by atoms with Gasteiger partial charge < -0.3 is 34.9 Å². The van der Waals surface area contributed by atoms with E-state index < -0.39 is 30.4 Å². The first-order valence-corrected chi connectivity index (χ1v) is 10.9. The van der Waals surface area contributed by atoms with Gasteiger partial charge in [-0.05, 0) is 18.6 Å². The summed E-state index contributed by atoms with van der Waals surface area (Å²) in [6.07, 6.45) is -2.25. The van der Waals surface area contributed by atoms with Gasteiger partial charge in [0, 0.05) is 21.1 Å². The summed E-state index contributed by atoms with van der Waals surface area (Å²) in [7, 11) is 5.11. The number of carbonyl (C=O) groups is 1. The van der Waals surface area contributed by atoms with Crippen LogP contribution < -0.4 is 15.5 Å². The number of fused-ring (bicyclic) bond motifs is 2. The molecule has 0 unspecified atom stereocenters. The molecule has 0 spiro atoms. The van der Waals surface area contributed by atoms with Gasteiger partial charge in [-0.1, -0.05) is 0 Å². The molecule has 4 atom stereocenters. The van der Waals surface area contributed by atoms with Crippen LogP contribution in [-0.2, 0) is 16.1 Å². The number of nitrogens with zero attached hydrogens (tertiary/aromatic N) is 7. The van der Waals surface area contributed by atoms with Crippen molar-refractivity contribution in [1.82, 2.24) is 34.8 Å². The van der Waals surface area contributed by atoms with E-state index >= 15 is 0 Å². The number of aryl methyl sites for hydroxylation is 1. The molecule has 35 heavy (non-hydrogen) atoms. The van der Waals surface area contributed by atoms with Crippen molar-refractivity contribution in [3.05, 3.63) is 30.0 Å². The number of ether oxygens (including phenoxy) is 1. The summed E-state index contributed by atoms with van der Waals surface area (Å²) in [6, 6.07) is 2.38. The molecule has 5 heterocycles. The zero-order valence-corrected chi connectivity index (χ0v) is 19.5. The van der Waals surface area contributed by atoms with Crippen molar-refractivity contribution in [1.29, 1.82) is 0 Å². The number of nitrogens with one attached hydrogen (secondary N) is 2. The number of carbonyl (C=O) groups excluding carboxylic acids is 1. The lowest BCUT2D eigenvalue weighted by molar-refractivity contribution is -0.137. The number of aliphatic hydroxyl groups is 2. The molecule has 0 radical (unpaired) electrons. The molecule has 5 rings (SSSR count). The quantitative estimate of drug-likeness (QED) is 0.282. The highest BCUT2D eigenvalue weighted by atomic mass is 16.6. The number of aromatic nitrogens is 6. The van der Waals surface area contributed by atoms with Crippen LogP contribution in [0.5, 0.6) is 0 Å². The van der Waals surface area contributed by atoms with Gasteiger partial charge in [0.2, 0.25) is 5.65 Å². The Bertz CT molecular complexity index is 1400. The number of hydrogen-bond acceptors (Lipinski definition) is 12. The van der Waals surface area contributed by atoms with Crippen LogP contribution in [0.25, 0.3) is 22.4 Å². The zero-order valence-electron chi connectivity index (χ0n) is 19.5. The molecule has 14 heteroatoms. The highest BCUT2D eigenvalue weighted by Crippen LogP contribution is 2.32. The molecule has 1 saturated heterocycles. The summed E-state index contributed by atoms with van der Waals surface area (Å²) in [4.78, 5) is 35.6. The third-order valence-corrected chi connectivity index (χ3v) is 5.78. The van der Waals surface area contributed by atoms with Crippen LogP contribution in [0.3, 0.4) is 0 Å². The summed E-state index contributed by atoms with van der Waals surface area (Å²) < 4.78 is 12.9. The lowest BCUT2D eigenvalue weighted by Gasteiger charge is -2.16. The Kier molecular flexibility index (Phi) is 5.70. The summed E-state index contributed by atoms with van der Waals surface area (Å²) in [6.45, 7) is 2.26. The van der Waals surface area contributed by atoms with E-state index in [9.17, 15) is 15.0 Å². The predicted molar refractivity (Wildman–Crippen MR) is 124 cm³/mol. The maximum Gasteiger partial charge on any atom is 0.299 e. The molecule has 1 aliphatic rings. The molecule has 4 N–H and O–H groups in total. The summed E-state index contributed by atoms with van der Waals surface area (Å²) in [5, 5.41) is 26.4. The molecule has 0 aliphatic carbocycles.